The van der Waals surface area contributed by atoms with E-state index in [1.165, 1.54) is 24.0 Å². The maximum absolute atomic E-state index is 5.51. The molecule has 0 radical (unpaired) electrons. The predicted octanol–water partition coefficient (Wildman–Crippen LogP) is 3.18. The molecule has 1 aliphatic heterocycles. The van der Waals surface area contributed by atoms with Crippen molar-refractivity contribution >= 4 is 11.8 Å². The highest BCUT2D eigenvalue weighted by atomic mass is 32.2. The fourth-order valence-corrected chi connectivity index (χ4v) is 3.87. The summed E-state index contributed by atoms with van der Waals surface area (Å²) in [6.07, 6.45) is 2.35. The molecule has 1 saturated heterocycles. The van der Waals surface area contributed by atoms with Crippen LogP contribution in [0.25, 0.3) is 0 Å². The average Bonchev–Trinajstić information content (AvgIpc) is 2.49. The molecule has 4 heteroatoms. The number of aryl methyl sites for hydroxylation is 1. The molecule has 0 amide bonds. The van der Waals surface area contributed by atoms with Gasteiger partial charge in [-0.1, -0.05) is 17.7 Å². The Labute approximate surface area is 126 Å². The summed E-state index contributed by atoms with van der Waals surface area (Å²) in [6.45, 7) is 3.95. The van der Waals surface area contributed by atoms with Crippen LogP contribution in [-0.2, 0) is 4.74 Å². The second kappa shape index (κ2) is 7.91. The highest BCUT2D eigenvalue weighted by Gasteiger charge is 2.19. The minimum atomic E-state index is 0.331. The number of rotatable bonds is 6. The Morgan fingerprint density at radius 3 is 2.80 bits per heavy atom. The zero-order valence-corrected chi connectivity index (χ0v) is 13.5. The van der Waals surface area contributed by atoms with Crippen LogP contribution in [0.1, 0.15) is 30.0 Å². The van der Waals surface area contributed by atoms with Crippen LogP contribution in [0.3, 0.4) is 0 Å². The number of ether oxygens (including phenoxy) is 2. The van der Waals surface area contributed by atoms with Gasteiger partial charge in [0.15, 0.2) is 0 Å². The summed E-state index contributed by atoms with van der Waals surface area (Å²) in [7, 11) is 3.77. The number of hydrogen-bond donors (Lipinski definition) is 1. The molecule has 1 aliphatic rings. The second-order valence-electron chi connectivity index (χ2n) is 5.23. The summed E-state index contributed by atoms with van der Waals surface area (Å²) in [5, 5.41) is 4.16. The minimum absolute atomic E-state index is 0.331. The molecule has 1 heterocycles. The molecule has 1 atom stereocenters. The Bertz CT molecular complexity index is 419. The summed E-state index contributed by atoms with van der Waals surface area (Å²) in [5.74, 6) is 2.04. The molecule has 0 aromatic heterocycles. The summed E-state index contributed by atoms with van der Waals surface area (Å²) in [5.41, 5.74) is 2.53. The minimum Gasteiger partial charge on any atom is -0.496 e. The van der Waals surface area contributed by atoms with Crippen molar-refractivity contribution in [1.82, 2.24) is 5.32 Å². The lowest BCUT2D eigenvalue weighted by molar-refractivity contribution is 0.1000. The van der Waals surface area contributed by atoms with Gasteiger partial charge in [-0.2, -0.15) is 11.8 Å². The zero-order valence-electron chi connectivity index (χ0n) is 12.6. The van der Waals surface area contributed by atoms with Gasteiger partial charge >= 0.3 is 0 Å². The van der Waals surface area contributed by atoms with Crippen LogP contribution in [-0.4, -0.2) is 38.4 Å². The van der Waals surface area contributed by atoms with Crippen LogP contribution in [0.5, 0.6) is 5.75 Å². The zero-order chi connectivity index (χ0) is 14.4. The third kappa shape index (κ3) is 4.14. The first-order valence-electron chi connectivity index (χ1n) is 7.25. The number of nitrogens with one attached hydrogen (secondary N) is 1. The van der Waals surface area contributed by atoms with Crippen molar-refractivity contribution in [3.8, 4) is 5.75 Å². The molecule has 1 fully saturated rings. The maximum atomic E-state index is 5.51. The van der Waals surface area contributed by atoms with E-state index in [1.807, 2.05) is 7.05 Å². The van der Waals surface area contributed by atoms with Crippen molar-refractivity contribution in [2.24, 2.45) is 0 Å². The number of benzene rings is 1. The average molecular weight is 295 g/mol. The first-order valence-corrected chi connectivity index (χ1v) is 8.30. The van der Waals surface area contributed by atoms with E-state index >= 15 is 0 Å². The molecule has 1 unspecified atom stereocenters. The molecule has 3 nitrogen and oxygen atoms in total. The molecular weight excluding hydrogens is 270 g/mol. The molecule has 2 rings (SSSR count). The molecular formula is C16H25NO2S. The van der Waals surface area contributed by atoms with Gasteiger partial charge in [0.25, 0.3) is 0 Å². The Morgan fingerprint density at radius 1 is 1.40 bits per heavy atom. The quantitative estimate of drug-likeness (QED) is 0.873. The van der Waals surface area contributed by atoms with Crippen molar-refractivity contribution in [2.75, 3.05) is 33.1 Å². The van der Waals surface area contributed by atoms with E-state index in [0.717, 1.165) is 30.0 Å². The van der Waals surface area contributed by atoms with Gasteiger partial charge in [0.05, 0.1) is 7.11 Å². The smallest absolute Gasteiger partial charge is 0.123 e. The van der Waals surface area contributed by atoms with Gasteiger partial charge in [0.2, 0.25) is 0 Å². The Balaban J connectivity index is 2.01. The van der Waals surface area contributed by atoms with Crippen molar-refractivity contribution in [3.63, 3.8) is 0 Å². The molecule has 112 valence electrons. The van der Waals surface area contributed by atoms with E-state index in [4.69, 9.17) is 9.47 Å². The highest BCUT2D eigenvalue weighted by molar-refractivity contribution is 7.99. The summed E-state index contributed by atoms with van der Waals surface area (Å²) in [4.78, 5) is 0. The highest BCUT2D eigenvalue weighted by Crippen LogP contribution is 2.31. The van der Waals surface area contributed by atoms with Gasteiger partial charge in [0, 0.05) is 35.8 Å². The molecule has 1 N–H and O–H groups in total. The van der Waals surface area contributed by atoms with E-state index in [0.29, 0.717) is 6.04 Å². The molecule has 0 bridgehead atoms. The van der Waals surface area contributed by atoms with E-state index in [9.17, 15) is 0 Å². The van der Waals surface area contributed by atoms with Gasteiger partial charge in [-0.15, -0.1) is 0 Å². The van der Waals surface area contributed by atoms with Gasteiger partial charge in [0.1, 0.15) is 5.75 Å². The fourth-order valence-electron chi connectivity index (χ4n) is 2.53. The van der Waals surface area contributed by atoms with E-state index < -0.39 is 0 Å². The van der Waals surface area contributed by atoms with Crippen LogP contribution in [0.2, 0.25) is 0 Å². The fraction of sp³-hybridized carbons (Fsp3) is 0.625. The van der Waals surface area contributed by atoms with Gasteiger partial charge in [-0.25, -0.2) is 0 Å². The Hall–Kier alpha value is -0.710. The third-order valence-electron chi connectivity index (χ3n) is 3.78. The Kier molecular flexibility index (Phi) is 6.20. The monoisotopic (exact) mass is 295 g/mol. The van der Waals surface area contributed by atoms with Gasteiger partial charge in [-0.05, 0) is 32.9 Å². The van der Waals surface area contributed by atoms with Gasteiger partial charge in [-0.3, -0.25) is 0 Å². The molecule has 0 spiro atoms. The lowest BCUT2D eigenvalue weighted by Gasteiger charge is -2.25. The molecule has 1 aromatic carbocycles. The largest absolute Gasteiger partial charge is 0.496 e. The van der Waals surface area contributed by atoms with Crippen LogP contribution < -0.4 is 10.1 Å². The van der Waals surface area contributed by atoms with Crippen molar-refractivity contribution in [3.05, 3.63) is 29.3 Å². The van der Waals surface area contributed by atoms with Crippen molar-refractivity contribution in [2.45, 2.75) is 31.1 Å². The molecule has 1 aromatic rings. The van der Waals surface area contributed by atoms with E-state index in [-0.39, 0.29) is 0 Å². The predicted molar refractivity (Wildman–Crippen MR) is 85.8 cm³/mol. The third-order valence-corrected chi connectivity index (χ3v) is 5.24. The molecule has 20 heavy (non-hydrogen) atoms. The lowest BCUT2D eigenvalue weighted by Crippen LogP contribution is -2.23. The van der Waals surface area contributed by atoms with E-state index in [1.54, 1.807) is 7.11 Å². The maximum Gasteiger partial charge on any atom is 0.123 e. The SMILES string of the molecule is CNC(CSC1CCOCC1)c1cc(C)ccc1OC. The van der Waals surface area contributed by atoms with Crippen LogP contribution in [0.15, 0.2) is 18.2 Å². The normalized spacial score (nSPS) is 17.9. The first kappa shape index (κ1) is 15.7. The summed E-state index contributed by atoms with van der Waals surface area (Å²) in [6, 6.07) is 6.72. The summed E-state index contributed by atoms with van der Waals surface area (Å²) < 4.78 is 10.9. The first-order chi connectivity index (χ1) is 9.74. The molecule has 0 aliphatic carbocycles. The van der Waals surface area contributed by atoms with Crippen LogP contribution >= 0.6 is 11.8 Å². The topological polar surface area (TPSA) is 30.5 Å². The molecule has 0 saturated carbocycles. The van der Waals surface area contributed by atoms with Crippen LogP contribution in [0, 0.1) is 6.92 Å². The van der Waals surface area contributed by atoms with Crippen molar-refractivity contribution < 1.29 is 9.47 Å². The number of methoxy groups -OCH3 is 1. The van der Waals surface area contributed by atoms with Gasteiger partial charge < -0.3 is 14.8 Å². The summed E-state index contributed by atoms with van der Waals surface area (Å²) >= 11 is 2.05. The van der Waals surface area contributed by atoms with E-state index in [2.05, 4.69) is 42.2 Å². The standard InChI is InChI=1S/C16H25NO2S/c1-12-4-5-16(18-3)14(10-12)15(17-2)11-20-13-6-8-19-9-7-13/h4-5,10,13,15,17H,6-9,11H2,1-3H3. The van der Waals surface area contributed by atoms with Crippen molar-refractivity contribution in [1.29, 1.82) is 0 Å². The Morgan fingerprint density at radius 2 is 2.15 bits per heavy atom. The number of thioether (sulfide) groups is 1. The lowest BCUT2D eigenvalue weighted by atomic mass is 10.0. The second-order valence-corrected chi connectivity index (χ2v) is 6.57. The van der Waals surface area contributed by atoms with Crippen LogP contribution in [0.4, 0.5) is 0 Å². The number of hydrogen-bond acceptors (Lipinski definition) is 4.